The van der Waals surface area contributed by atoms with Gasteiger partial charge in [-0.1, -0.05) is 11.8 Å². The summed E-state index contributed by atoms with van der Waals surface area (Å²) in [6, 6.07) is 2.38. The monoisotopic (exact) mass is 341 g/mol. The highest BCUT2D eigenvalue weighted by Gasteiger charge is 2.21. The molecule has 1 heterocycles. The van der Waals surface area contributed by atoms with Gasteiger partial charge in [-0.2, -0.15) is 11.8 Å². The van der Waals surface area contributed by atoms with Crippen molar-refractivity contribution in [3.8, 4) is 11.8 Å². The summed E-state index contributed by atoms with van der Waals surface area (Å²) < 4.78 is 0. The van der Waals surface area contributed by atoms with Gasteiger partial charge in [0.2, 0.25) is 0 Å². The van der Waals surface area contributed by atoms with Gasteiger partial charge in [0.05, 0.1) is 9.75 Å². The minimum atomic E-state index is -1.10. The molecule has 3 N–H and O–H groups in total. The van der Waals surface area contributed by atoms with Gasteiger partial charge in [-0.15, -0.1) is 11.3 Å². The quantitative estimate of drug-likeness (QED) is 0.687. The van der Waals surface area contributed by atoms with Gasteiger partial charge in [0.15, 0.2) is 0 Å². The molecule has 120 valence electrons. The number of rotatable bonds is 6. The summed E-state index contributed by atoms with van der Waals surface area (Å²) >= 11 is 2.69. The van der Waals surface area contributed by atoms with Crippen molar-refractivity contribution in [2.45, 2.75) is 31.9 Å². The van der Waals surface area contributed by atoms with Crippen molar-refractivity contribution < 1.29 is 19.8 Å². The van der Waals surface area contributed by atoms with Gasteiger partial charge in [0.1, 0.15) is 11.6 Å². The van der Waals surface area contributed by atoms with Crippen molar-refractivity contribution >= 4 is 35.0 Å². The minimum absolute atomic E-state index is 0.374. The van der Waals surface area contributed by atoms with Crippen molar-refractivity contribution in [2.24, 2.45) is 0 Å². The summed E-state index contributed by atoms with van der Waals surface area (Å²) in [6.45, 7) is 3.15. The molecule has 0 saturated heterocycles. The van der Waals surface area contributed by atoms with Gasteiger partial charge in [0.25, 0.3) is 5.91 Å². The highest BCUT2D eigenvalue weighted by atomic mass is 32.2. The van der Waals surface area contributed by atoms with E-state index >= 15 is 0 Å². The van der Waals surface area contributed by atoms with Gasteiger partial charge >= 0.3 is 5.97 Å². The van der Waals surface area contributed by atoms with Gasteiger partial charge in [-0.05, 0) is 44.4 Å². The van der Waals surface area contributed by atoms with Crippen molar-refractivity contribution in [3.63, 3.8) is 0 Å². The molecule has 0 aliphatic rings. The van der Waals surface area contributed by atoms with Crippen molar-refractivity contribution in [1.82, 2.24) is 5.32 Å². The van der Waals surface area contributed by atoms with Crippen LogP contribution in [-0.2, 0) is 4.79 Å². The van der Waals surface area contributed by atoms with Crippen LogP contribution >= 0.6 is 23.1 Å². The average Bonchev–Trinajstić information content (AvgIpc) is 2.89. The smallest absolute Gasteiger partial charge is 0.326 e. The Labute approximate surface area is 138 Å². The third-order valence-corrected chi connectivity index (χ3v) is 4.18. The summed E-state index contributed by atoms with van der Waals surface area (Å²) in [6.07, 6.45) is 2.26. The molecule has 0 aliphatic heterocycles. The number of carboxylic acids is 1. The topological polar surface area (TPSA) is 86.6 Å². The van der Waals surface area contributed by atoms with Crippen LogP contribution < -0.4 is 5.32 Å². The second-order valence-electron chi connectivity index (χ2n) is 5.12. The lowest BCUT2D eigenvalue weighted by molar-refractivity contribution is -0.139. The van der Waals surface area contributed by atoms with E-state index in [9.17, 15) is 14.7 Å². The Hall–Kier alpha value is -1.49. The zero-order chi connectivity index (χ0) is 16.8. The molecule has 0 saturated carbocycles. The number of aliphatic carboxylic acids is 1. The third-order valence-electron chi connectivity index (χ3n) is 2.54. The van der Waals surface area contributed by atoms with Crippen LogP contribution in [-0.4, -0.2) is 45.7 Å². The SMILES string of the molecule is CSCC[C@@H](NC(=O)c1ccc(C#CC(C)(C)O)s1)C(=O)O. The van der Waals surface area contributed by atoms with E-state index in [0.717, 1.165) is 11.3 Å². The van der Waals surface area contributed by atoms with Gasteiger partial charge < -0.3 is 15.5 Å². The summed E-state index contributed by atoms with van der Waals surface area (Å²) in [7, 11) is 0. The number of thiophene rings is 1. The minimum Gasteiger partial charge on any atom is -0.480 e. The van der Waals surface area contributed by atoms with Gasteiger partial charge in [-0.3, -0.25) is 4.79 Å². The second kappa shape index (κ2) is 8.22. The van der Waals surface area contributed by atoms with E-state index in [1.807, 2.05) is 6.26 Å². The Morgan fingerprint density at radius 3 is 2.68 bits per heavy atom. The largest absolute Gasteiger partial charge is 0.480 e. The lowest BCUT2D eigenvalue weighted by Gasteiger charge is -2.12. The fourth-order valence-corrected chi connectivity index (χ4v) is 2.70. The summed E-state index contributed by atoms with van der Waals surface area (Å²) in [5.74, 6) is 4.65. The molecule has 22 heavy (non-hydrogen) atoms. The van der Waals surface area contributed by atoms with Crippen LogP contribution in [0, 0.1) is 11.8 Å². The second-order valence-corrected chi connectivity index (χ2v) is 7.19. The van der Waals surface area contributed by atoms with Crippen LogP contribution in [0.25, 0.3) is 0 Å². The molecule has 7 heteroatoms. The highest BCUT2D eigenvalue weighted by Crippen LogP contribution is 2.16. The molecule has 0 fully saturated rings. The van der Waals surface area contributed by atoms with Crippen LogP contribution in [0.2, 0.25) is 0 Å². The molecule has 0 unspecified atom stereocenters. The lowest BCUT2D eigenvalue weighted by atomic mass is 10.1. The Kier molecular flexibility index (Phi) is 6.94. The first-order chi connectivity index (χ1) is 10.2. The predicted octanol–water partition coefficient (Wildman–Crippen LogP) is 1.81. The fourth-order valence-electron chi connectivity index (χ4n) is 1.46. The zero-order valence-electron chi connectivity index (χ0n) is 12.7. The number of nitrogens with one attached hydrogen (secondary N) is 1. The molecule has 1 rings (SSSR count). The number of thioether (sulfide) groups is 1. The first kappa shape index (κ1) is 18.6. The summed E-state index contributed by atoms with van der Waals surface area (Å²) in [4.78, 5) is 24.2. The maximum atomic E-state index is 12.1. The predicted molar refractivity (Wildman–Crippen MR) is 89.4 cm³/mol. The van der Waals surface area contributed by atoms with Crippen molar-refractivity contribution in [2.75, 3.05) is 12.0 Å². The lowest BCUT2D eigenvalue weighted by Crippen LogP contribution is -2.40. The Bertz CT molecular complexity index is 593. The molecular formula is C15H19NO4S2. The molecule has 0 bridgehead atoms. The van der Waals surface area contributed by atoms with Crippen LogP contribution in [0.3, 0.4) is 0 Å². The van der Waals surface area contributed by atoms with E-state index in [2.05, 4.69) is 17.2 Å². The number of aliphatic hydroxyl groups is 1. The summed E-state index contributed by atoms with van der Waals surface area (Å²) in [5.41, 5.74) is -1.10. The number of hydrogen-bond acceptors (Lipinski definition) is 5. The van der Waals surface area contributed by atoms with Crippen LogP contribution in [0.15, 0.2) is 12.1 Å². The normalized spacial score (nSPS) is 12.2. The van der Waals surface area contributed by atoms with Crippen LogP contribution in [0.1, 0.15) is 34.8 Å². The highest BCUT2D eigenvalue weighted by molar-refractivity contribution is 7.98. The van der Waals surface area contributed by atoms with E-state index in [1.165, 1.54) is 11.8 Å². The molecule has 5 nitrogen and oxygen atoms in total. The average molecular weight is 341 g/mol. The molecule has 1 amide bonds. The number of carbonyl (C=O) groups excluding carboxylic acids is 1. The third kappa shape index (κ3) is 6.52. The standard InChI is InChI=1S/C15H19NO4S2/c1-15(2,20)8-6-10-4-5-12(22-10)13(17)16-11(14(18)19)7-9-21-3/h4-5,11,20H,7,9H2,1-3H3,(H,16,17)(H,18,19)/t11-/m1/s1. The van der Waals surface area contributed by atoms with Gasteiger partial charge in [-0.25, -0.2) is 4.79 Å². The number of hydrogen-bond donors (Lipinski definition) is 3. The molecule has 1 atom stereocenters. The fraction of sp³-hybridized carbons (Fsp3) is 0.467. The van der Waals surface area contributed by atoms with Crippen molar-refractivity contribution in [3.05, 3.63) is 21.9 Å². The van der Waals surface area contributed by atoms with E-state index in [1.54, 1.807) is 26.0 Å². The molecule has 0 spiro atoms. The molecule has 1 aromatic rings. The van der Waals surface area contributed by atoms with Crippen LogP contribution in [0.5, 0.6) is 0 Å². The Morgan fingerprint density at radius 2 is 2.14 bits per heavy atom. The Morgan fingerprint density at radius 1 is 1.45 bits per heavy atom. The van der Waals surface area contributed by atoms with Crippen molar-refractivity contribution in [1.29, 1.82) is 0 Å². The van der Waals surface area contributed by atoms with Crippen LogP contribution in [0.4, 0.5) is 0 Å². The van der Waals surface area contributed by atoms with E-state index < -0.39 is 23.5 Å². The molecular weight excluding hydrogens is 322 g/mol. The van der Waals surface area contributed by atoms with E-state index in [-0.39, 0.29) is 0 Å². The first-order valence-electron chi connectivity index (χ1n) is 6.61. The van der Waals surface area contributed by atoms with E-state index in [4.69, 9.17) is 5.11 Å². The van der Waals surface area contributed by atoms with Gasteiger partial charge in [0, 0.05) is 0 Å². The van der Waals surface area contributed by atoms with E-state index in [0.29, 0.717) is 21.9 Å². The first-order valence-corrected chi connectivity index (χ1v) is 8.82. The maximum Gasteiger partial charge on any atom is 0.326 e. The zero-order valence-corrected chi connectivity index (χ0v) is 14.3. The molecule has 0 aliphatic carbocycles. The Balaban J connectivity index is 2.75. The summed E-state index contributed by atoms with van der Waals surface area (Å²) in [5, 5.41) is 21.2. The number of carbonyl (C=O) groups is 2. The molecule has 1 aromatic heterocycles. The molecule has 0 aromatic carbocycles. The molecule has 0 radical (unpaired) electrons. The number of amides is 1. The number of carboxylic acid groups (broad SMARTS) is 1. The maximum absolute atomic E-state index is 12.1.